The van der Waals surface area contributed by atoms with Gasteiger partial charge in [0.1, 0.15) is 6.04 Å². The van der Waals surface area contributed by atoms with Crippen LogP contribution in [0.5, 0.6) is 0 Å². The molecular formula is C21H24N4O2S. The number of hydrogen-bond acceptors (Lipinski definition) is 4. The van der Waals surface area contributed by atoms with Gasteiger partial charge in [-0.25, -0.2) is 4.98 Å². The van der Waals surface area contributed by atoms with Gasteiger partial charge in [0.15, 0.2) is 5.13 Å². The van der Waals surface area contributed by atoms with Crippen molar-refractivity contribution in [3.8, 4) is 5.13 Å². The third-order valence-electron chi connectivity index (χ3n) is 4.72. The van der Waals surface area contributed by atoms with Gasteiger partial charge in [-0.1, -0.05) is 25.2 Å². The molecule has 1 aliphatic carbocycles. The Balaban J connectivity index is 1.52. The second-order valence-electron chi connectivity index (χ2n) is 7.71. The normalized spacial score (nSPS) is 15.0. The van der Waals surface area contributed by atoms with Crippen LogP contribution in [-0.2, 0) is 4.79 Å². The lowest BCUT2D eigenvalue weighted by atomic mass is 10.0. The molecule has 1 saturated carbocycles. The van der Waals surface area contributed by atoms with Crippen LogP contribution in [0.25, 0.3) is 15.3 Å². The molecule has 0 saturated heterocycles. The van der Waals surface area contributed by atoms with E-state index in [9.17, 15) is 9.59 Å². The van der Waals surface area contributed by atoms with E-state index in [4.69, 9.17) is 0 Å². The third-order valence-corrected chi connectivity index (χ3v) is 5.75. The molecule has 3 aromatic rings. The Bertz CT molecular complexity index is 989. The Hall–Kier alpha value is -2.67. The van der Waals surface area contributed by atoms with E-state index in [2.05, 4.69) is 29.5 Å². The number of thiazole rings is 1. The molecule has 4 rings (SSSR count). The van der Waals surface area contributed by atoms with E-state index >= 15 is 0 Å². The van der Waals surface area contributed by atoms with Gasteiger partial charge in [-0.2, -0.15) is 0 Å². The zero-order valence-corrected chi connectivity index (χ0v) is 16.8. The molecule has 1 fully saturated rings. The Morgan fingerprint density at radius 1 is 1.25 bits per heavy atom. The van der Waals surface area contributed by atoms with Crippen molar-refractivity contribution in [2.24, 2.45) is 5.92 Å². The average Bonchev–Trinajstić information content (AvgIpc) is 3.15. The van der Waals surface area contributed by atoms with E-state index in [1.165, 1.54) is 11.3 Å². The summed E-state index contributed by atoms with van der Waals surface area (Å²) >= 11 is 1.53. The first kappa shape index (κ1) is 18.7. The predicted octanol–water partition coefficient (Wildman–Crippen LogP) is 3.51. The first-order valence-electron chi connectivity index (χ1n) is 9.65. The molecule has 1 aromatic carbocycles. The van der Waals surface area contributed by atoms with Crippen LogP contribution in [0.15, 0.2) is 42.7 Å². The van der Waals surface area contributed by atoms with Gasteiger partial charge < -0.3 is 15.2 Å². The van der Waals surface area contributed by atoms with Crippen LogP contribution < -0.4 is 10.6 Å². The van der Waals surface area contributed by atoms with Crippen molar-refractivity contribution in [2.75, 3.05) is 0 Å². The fraction of sp³-hybridized carbons (Fsp3) is 0.381. The summed E-state index contributed by atoms with van der Waals surface area (Å²) in [5, 5.41) is 6.79. The fourth-order valence-electron chi connectivity index (χ4n) is 3.10. The van der Waals surface area contributed by atoms with E-state index in [-0.39, 0.29) is 17.9 Å². The number of aromatic nitrogens is 2. The van der Waals surface area contributed by atoms with Gasteiger partial charge >= 0.3 is 0 Å². The summed E-state index contributed by atoms with van der Waals surface area (Å²) < 4.78 is 2.89. The molecule has 28 heavy (non-hydrogen) atoms. The molecule has 7 heteroatoms. The van der Waals surface area contributed by atoms with Gasteiger partial charge in [0.25, 0.3) is 5.91 Å². The molecule has 2 amide bonds. The second kappa shape index (κ2) is 7.75. The van der Waals surface area contributed by atoms with Crippen LogP contribution in [0.2, 0.25) is 0 Å². The van der Waals surface area contributed by atoms with Crippen molar-refractivity contribution < 1.29 is 9.59 Å². The number of nitrogens with zero attached hydrogens (tertiary/aromatic N) is 2. The van der Waals surface area contributed by atoms with Gasteiger partial charge in [0.05, 0.1) is 10.2 Å². The largest absolute Gasteiger partial charge is 0.352 e. The maximum absolute atomic E-state index is 12.8. The van der Waals surface area contributed by atoms with E-state index in [0.29, 0.717) is 17.9 Å². The summed E-state index contributed by atoms with van der Waals surface area (Å²) in [7, 11) is 0. The van der Waals surface area contributed by atoms with Crippen molar-refractivity contribution in [3.05, 3.63) is 48.3 Å². The predicted molar refractivity (Wildman–Crippen MR) is 111 cm³/mol. The quantitative estimate of drug-likeness (QED) is 0.642. The Kier molecular flexibility index (Phi) is 5.17. The monoisotopic (exact) mass is 396 g/mol. The van der Waals surface area contributed by atoms with Crippen molar-refractivity contribution >= 4 is 33.4 Å². The highest BCUT2D eigenvalue weighted by Crippen LogP contribution is 2.26. The van der Waals surface area contributed by atoms with Crippen LogP contribution >= 0.6 is 11.3 Å². The number of fused-ring (bicyclic) bond motifs is 1. The van der Waals surface area contributed by atoms with E-state index in [1.54, 1.807) is 6.07 Å². The average molecular weight is 397 g/mol. The van der Waals surface area contributed by atoms with Crippen LogP contribution in [0.1, 0.15) is 43.5 Å². The van der Waals surface area contributed by atoms with Crippen LogP contribution in [-0.4, -0.2) is 33.4 Å². The molecule has 0 radical (unpaired) electrons. The smallest absolute Gasteiger partial charge is 0.251 e. The highest BCUT2D eigenvalue weighted by Gasteiger charge is 2.29. The van der Waals surface area contributed by atoms with Crippen molar-refractivity contribution in [1.29, 1.82) is 0 Å². The molecule has 146 valence electrons. The standard InChI is InChI=1S/C21H24N4O2S/c1-13(2)11-17(20(27)22-15-6-7-15)23-19(26)14-5-8-16-18(12-14)28-21(24-16)25-9-3-4-10-25/h3-5,8-10,12-13,15,17H,6-7,11H2,1-2H3,(H,22,27)(H,23,26). The minimum Gasteiger partial charge on any atom is -0.352 e. The topological polar surface area (TPSA) is 76.0 Å². The van der Waals surface area contributed by atoms with E-state index in [1.807, 2.05) is 41.2 Å². The first-order chi connectivity index (χ1) is 13.5. The molecule has 2 N–H and O–H groups in total. The molecule has 2 heterocycles. The number of carbonyl (C=O) groups excluding carboxylic acids is 2. The zero-order valence-electron chi connectivity index (χ0n) is 16.0. The molecule has 0 bridgehead atoms. The summed E-state index contributed by atoms with van der Waals surface area (Å²) in [4.78, 5) is 29.9. The molecule has 2 aromatic heterocycles. The van der Waals surface area contributed by atoms with Crippen LogP contribution in [0.4, 0.5) is 0 Å². The molecular weight excluding hydrogens is 372 g/mol. The fourth-order valence-corrected chi connectivity index (χ4v) is 4.07. The summed E-state index contributed by atoms with van der Waals surface area (Å²) in [5.41, 5.74) is 1.40. The molecule has 6 nitrogen and oxygen atoms in total. The number of nitrogens with one attached hydrogen (secondary N) is 2. The number of rotatable bonds is 7. The first-order valence-corrected chi connectivity index (χ1v) is 10.5. The minimum absolute atomic E-state index is 0.0849. The third kappa shape index (κ3) is 4.25. The number of amides is 2. The summed E-state index contributed by atoms with van der Waals surface area (Å²) in [6, 6.07) is 9.14. The summed E-state index contributed by atoms with van der Waals surface area (Å²) in [6.45, 7) is 4.10. The van der Waals surface area contributed by atoms with Gasteiger partial charge in [-0.3, -0.25) is 9.59 Å². The van der Waals surface area contributed by atoms with Gasteiger partial charge in [-0.15, -0.1) is 0 Å². The maximum Gasteiger partial charge on any atom is 0.251 e. The van der Waals surface area contributed by atoms with Crippen LogP contribution in [0, 0.1) is 5.92 Å². The van der Waals surface area contributed by atoms with Gasteiger partial charge in [-0.05, 0) is 55.5 Å². The van der Waals surface area contributed by atoms with Crippen molar-refractivity contribution in [2.45, 2.75) is 45.2 Å². The van der Waals surface area contributed by atoms with Crippen molar-refractivity contribution in [3.63, 3.8) is 0 Å². The minimum atomic E-state index is -0.513. The number of carbonyl (C=O) groups is 2. The lowest BCUT2D eigenvalue weighted by Crippen LogP contribution is -2.48. The Morgan fingerprint density at radius 2 is 2.00 bits per heavy atom. The molecule has 1 atom stereocenters. The Labute approximate surface area is 168 Å². The lowest BCUT2D eigenvalue weighted by molar-refractivity contribution is -0.123. The molecule has 1 unspecified atom stereocenters. The number of hydrogen-bond donors (Lipinski definition) is 2. The summed E-state index contributed by atoms with van der Waals surface area (Å²) in [5.74, 6) is -0.00363. The van der Waals surface area contributed by atoms with Gasteiger partial charge in [0.2, 0.25) is 5.91 Å². The lowest BCUT2D eigenvalue weighted by Gasteiger charge is -2.20. The number of benzene rings is 1. The zero-order chi connectivity index (χ0) is 19.7. The van der Waals surface area contributed by atoms with E-state index < -0.39 is 6.04 Å². The second-order valence-corrected chi connectivity index (χ2v) is 8.72. The van der Waals surface area contributed by atoms with Crippen LogP contribution in [0.3, 0.4) is 0 Å². The molecule has 0 spiro atoms. The summed E-state index contributed by atoms with van der Waals surface area (Å²) in [6.07, 6.45) is 6.56. The highest BCUT2D eigenvalue weighted by molar-refractivity contribution is 7.20. The van der Waals surface area contributed by atoms with E-state index in [0.717, 1.165) is 28.2 Å². The van der Waals surface area contributed by atoms with Crippen molar-refractivity contribution in [1.82, 2.24) is 20.2 Å². The van der Waals surface area contributed by atoms with Gasteiger partial charge in [0, 0.05) is 24.0 Å². The Morgan fingerprint density at radius 3 is 2.68 bits per heavy atom. The molecule has 1 aliphatic rings. The molecule has 0 aliphatic heterocycles. The highest BCUT2D eigenvalue weighted by atomic mass is 32.1. The maximum atomic E-state index is 12.8. The SMILES string of the molecule is CC(C)CC(NC(=O)c1ccc2nc(-n3cccc3)sc2c1)C(=O)NC1CC1.